The van der Waals surface area contributed by atoms with Crippen LogP contribution in [0.3, 0.4) is 0 Å². The molecule has 52 valence electrons. The molecule has 2 rings (SSSR count). The molecule has 1 aliphatic heterocycles. The van der Waals surface area contributed by atoms with Gasteiger partial charge in [0.1, 0.15) is 0 Å². The summed E-state index contributed by atoms with van der Waals surface area (Å²) < 4.78 is 0. The van der Waals surface area contributed by atoms with Gasteiger partial charge in [0.25, 0.3) is 0 Å². The Bertz CT molecular complexity index is 114. The molecule has 1 saturated heterocycles. The second-order valence-electron chi connectivity index (χ2n) is 3.72. The van der Waals surface area contributed by atoms with Gasteiger partial charge in [0.05, 0.1) is 0 Å². The fraction of sp³-hybridized carbons (Fsp3) is 1.00. The van der Waals surface area contributed by atoms with Crippen LogP contribution in [0.1, 0.15) is 26.2 Å². The maximum atomic E-state index is 3.40. The Morgan fingerprint density at radius 2 is 1.89 bits per heavy atom. The van der Waals surface area contributed by atoms with Crippen molar-refractivity contribution in [2.75, 3.05) is 13.1 Å². The molecule has 0 unspecified atom stereocenters. The molecule has 0 aromatic carbocycles. The molecule has 0 aromatic rings. The molecular weight excluding hydrogens is 110 g/mol. The molecule has 0 aromatic heterocycles. The second kappa shape index (κ2) is 1.72. The van der Waals surface area contributed by atoms with Crippen LogP contribution in [0.15, 0.2) is 0 Å². The van der Waals surface area contributed by atoms with Crippen LogP contribution in [-0.2, 0) is 0 Å². The van der Waals surface area contributed by atoms with E-state index < -0.39 is 0 Å². The highest BCUT2D eigenvalue weighted by Gasteiger charge is 2.50. The molecule has 1 nitrogen and oxygen atoms in total. The lowest BCUT2D eigenvalue weighted by molar-refractivity contribution is 0.329. The van der Waals surface area contributed by atoms with Crippen molar-refractivity contribution in [2.45, 2.75) is 26.2 Å². The van der Waals surface area contributed by atoms with Crippen LogP contribution in [-0.4, -0.2) is 13.1 Å². The highest BCUT2D eigenvalue weighted by atomic mass is 14.9. The lowest BCUT2D eigenvalue weighted by Gasteiger charge is -2.22. The highest BCUT2D eigenvalue weighted by molar-refractivity contribution is 5.01. The average molecular weight is 125 g/mol. The minimum atomic E-state index is 0.825. The van der Waals surface area contributed by atoms with Crippen molar-refractivity contribution in [2.24, 2.45) is 11.3 Å². The van der Waals surface area contributed by atoms with E-state index >= 15 is 0 Å². The third-order valence-electron chi connectivity index (χ3n) is 3.20. The van der Waals surface area contributed by atoms with Gasteiger partial charge in [-0.1, -0.05) is 6.92 Å². The summed E-state index contributed by atoms with van der Waals surface area (Å²) in [5.41, 5.74) is 0.825. The molecule has 2 fully saturated rings. The van der Waals surface area contributed by atoms with Crippen LogP contribution in [0.4, 0.5) is 0 Å². The van der Waals surface area contributed by atoms with E-state index in [4.69, 9.17) is 0 Å². The summed E-state index contributed by atoms with van der Waals surface area (Å²) in [6.07, 6.45) is 4.39. The highest BCUT2D eigenvalue weighted by Crippen LogP contribution is 2.57. The molecule has 1 aliphatic carbocycles. The first-order valence-electron chi connectivity index (χ1n) is 4.04. The van der Waals surface area contributed by atoms with Crippen molar-refractivity contribution >= 4 is 0 Å². The van der Waals surface area contributed by atoms with E-state index in [0.29, 0.717) is 0 Å². The normalized spacial score (nSPS) is 39.0. The molecular formula is C8H15N. The molecule has 1 N–H and O–H groups in total. The molecule has 0 bridgehead atoms. The molecule has 1 spiro atoms. The molecule has 1 heteroatoms. The summed E-state index contributed by atoms with van der Waals surface area (Å²) >= 11 is 0. The average Bonchev–Trinajstić information content (AvgIpc) is 2.44. The van der Waals surface area contributed by atoms with Gasteiger partial charge in [-0.3, -0.25) is 0 Å². The SMILES string of the molecule is C[C@@H]1CC12CCNCC2. The topological polar surface area (TPSA) is 12.0 Å². The van der Waals surface area contributed by atoms with Gasteiger partial charge in [0, 0.05) is 0 Å². The summed E-state index contributed by atoms with van der Waals surface area (Å²) in [4.78, 5) is 0. The monoisotopic (exact) mass is 125 g/mol. The van der Waals surface area contributed by atoms with Crippen LogP contribution in [0, 0.1) is 11.3 Å². The first kappa shape index (κ1) is 5.72. The largest absolute Gasteiger partial charge is 0.317 e. The van der Waals surface area contributed by atoms with Gasteiger partial charge in [0.15, 0.2) is 0 Å². The molecule has 1 saturated carbocycles. The zero-order valence-corrected chi connectivity index (χ0v) is 6.11. The molecule has 1 atom stereocenters. The minimum absolute atomic E-state index is 0.825. The number of hydrogen-bond donors (Lipinski definition) is 1. The van der Waals surface area contributed by atoms with E-state index in [0.717, 1.165) is 11.3 Å². The number of hydrogen-bond acceptors (Lipinski definition) is 1. The summed E-state index contributed by atoms with van der Waals surface area (Å²) in [6, 6.07) is 0. The molecule has 1 heterocycles. The zero-order valence-electron chi connectivity index (χ0n) is 6.11. The summed E-state index contributed by atoms with van der Waals surface area (Å²) in [5.74, 6) is 1.04. The van der Waals surface area contributed by atoms with Crippen molar-refractivity contribution < 1.29 is 0 Å². The van der Waals surface area contributed by atoms with Crippen molar-refractivity contribution in [3.63, 3.8) is 0 Å². The van der Waals surface area contributed by atoms with Crippen LogP contribution in [0.5, 0.6) is 0 Å². The van der Waals surface area contributed by atoms with Gasteiger partial charge in [-0.05, 0) is 43.7 Å². The van der Waals surface area contributed by atoms with Crippen LogP contribution in [0.25, 0.3) is 0 Å². The zero-order chi connectivity index (χ0) is 6.32. The third kappa shape index (κ3) is 0.787. The van der Waals surface area contributed by atoms with Gasteiger partial charge in [-0.25, -0.2) is 0 Å². The second-order valence-corrected chi connectivity index (χ2v) is 3.72. The van der Waals surface area contributed by atoms with Crippen LogP contribution >= 0.6 is 0 Å². The van der Waals surface area contributed by atoms with Crippen molar-refractivity contribution in [1.29, 1.82) is 0 Å². The summed E-state index contributed by atoms with van der Waals surface area (Å²) in [6.45, 7) is 4.93. The van der Waals surface area contributed by atoms with Crippen LogP contribution < -0.4 is 5.32 Å². The van der Waals surface area contributed by atoms with E-state index in [2.05, 4.69) is 12.2 Å². The first-order valence-corrected chi connectivity index (χ1v) is 4.04. The fourth-order valence-electron chi connectivity index (χ4n) is 2.17. The van der Waals surface area contributed by atoms with Gasteiger partial charge in [-0.2, -0.15) is 0 Å². The summed E-state index contributed by atoms with van der Waals surface area (Å²) in [7, 11) is 0. The Hall–Kier alpha value is -0.0400. The Morgan fingerprint density at radius 1 is 1.33 bits per heavy atom. The number of piperidine rings is 1. The van der Waals surface area contributed by atoms with Gasteiger partial charge in [0.2, 0.25) is 0 Å². The fourth-order valence-corrected chi connectivity index (χ4v) is 2.17. The summed E-state index contributed by atoms with van der Waals surface area (Å²) in [5, 5.41) is 3.40. The first-order chi connectivity index (χ1) is 4.33. The maximum absolute atomic E-state index is 3.40. The predicted molar refractivity (Wildman–Crippen MR) is 38.3 cm³/mol. The third-order valence-corrected chi connectivity index (χ3v) is 3.20. The quantitative estimate of drug-likeness (QED) is 0.516. The van der Waals surface area contributed by atoms with Crippen molar-refractivity contribution in [1.82, 2.24) is 5.32 Å². The molecule has 2 aliphatic rings. The van der Waals surface area contributed by atoms with Crippen LogP contribution in [0.2, 0.25) is 0 Å². The van der Waals surface area contributed by atoms with Crippen molar-refractivity contribution in [3.05, 3.63) is 0 Å². The van der Waals surface area contributed by atoms with E-state index in [1.807, 2.05) is 0 Å². The Labute approximate surface area is 56.8 Å². The van der Waals surface area contributed by atoms with E-state index in [-0.39, 0.29) is 0 Å². The Morgan fingerprint density at radius 3 is 2.22 bits per heavy atom. The lowest BCUT2D eigenvalue weighted by Crippen LogP contribution is -2.29. The molecule has 9 heavy (non-hydrogen) atoms. The standard InChI is InChI=1S/C8H15N/c1-7-6-8(7)2-4-9-5-3-8/h7,9H,2-6H2,1H3/t7-/m1/s1. The van der Waals surface area contributed by atoms with E-state index in [9.17, 15) is 0 Å². The van der Waals surface area contributed by atoms with Crippen molar-refractivity contribution in [3.8, 4) is 0 Å². The van der Waals surface area contributed by atoms with Gasteiger partial charge in [-0.15, -0.1) is 0 Å². The molecule has 0 radical (unpaired) electrons. The lowest BCUT2D eigenvalue weighted by atomic mass is 9.92. The molecule has 0 amide bonds. The maximum Gasteiger partial charge on any atom is -0.00435 e. The Kier molecular flexibility index (Phi) is 1.10. The number of rotatable bonds is 0. The van der Waals surface area contributed by atoms with E-state index in [1.54, 1.807) is 0 Å². The minimum Gasteiger partial charge on any atom is -0.317 e. The smallest absolute Gasteiger partial charge is 0.00435 e. The number of nitrogens with one attached hydrogen (secondary N) is 1. The van der Waals surface area contributed by atoms with Gasteiger partial charge < -0.3 is 5.32 Å². The van der Waals surface area contributed by atoms with Gasteiger partial charge >= 0.3 is 0 Å². The predicted octanol–water partition coefficient (Wildman–Crippen LogP) is 1.40. The Balaban J connectivity index is 1.97. The van der Waals surface area contributed by atoms with E-state index in [1.165, 1.54) is 32.4 Å².